The monoisotopic (exact) mass is 398 g/mol. The molecule has 10 heteroatoms. The molecule has 0 spiro atoms. The fraction of sp³-hybridized carbons (Fsp3) is 0.444. The first-order valence-corrected chi connectivity index (χ1v) is 7.81. The quantitative estimate of drug-likeness (QED) is 0.236. The Balaban J connectivity index is 3.30. The minimum Gasteiger partial charge on any atom is -0.465 e. The summed E-state index contributed by atoms with van der Waals surface area (Å²) in [5, 5.41) is 0. The highest BCUT2D eigenvalue weighted by Gasteiger charge is 2.50. The maximum Gasteiger partial charge on any atom is 0.375 e. The molecule has 0 aliphatic heterocycles. The lowest BCUT2D eigenvalue weighted by Crippen LogP contribution is -2.51. The highest BCUT2D eigenvalue weighted by Crippen LogP contribution is 2.24. The molecule has 10 nitrogen and oxygen atoms in total. The Bertz CT molecular complexity index is 666. The van der Waals surface area contributed by atoms with Crippen molar-refractivity contribution in [1.29, 1.82) is 0 Å². The van der Waals surface area contributed by atoms with Crippen molar-refractivity contribution in [2.45, 2.75) is 11.6 Å². The van der Waals surface area contributed by atoms with Gasteiger partial charge in [0.25, 0.3) is 0 Å². The smallest absolute Gasteiger partial charge is 0.375 e. The molecule has 0 N–H and O–H groups in total. The molecule has 0 aromatic heterocycles. The van der Waals surface area contributed by atoms with E-state index in [1.165, 1.54) is 24.3 Å². The van der Waals surface area contributed by atoms with Gasteiger partial charge in [0.1, 0.15) is 0 Å². The van der Waals surface area contributed by atoms with Gasteiger partial charge < -0.3 is 28.4 Å². The Morgan fingerprint density at radius 2 is 0.821 bits per heavy atom. The third-order valence-corrected chi connectivity index (χ3v) is 4.07. The second-order valence-electron chi connectivity index (χ2n) is 5.27. The fourth-order valence-electron chi connectivity index (χ4n) is 2.48. The summed E-state index contributed by atoms with van der Waals surface area (Å²) < 4.78 is 28.9. The maximum atomic E-state index is 12.7. The number of esters is 2. The topological polar surface area (TPSA) is 124 Å². The lowest BCUT2D eigenvalue weighted by Gasteiger charge is -2.27. The Morgan fingerprint density at radius 1 is 0.571 bits per heavy atom. The highest BCUT2D eigenvalue weighted by molar-refractivity contribution is 6.16. The minimum atomic E-state index is -2.30. The lowest BCUT2D eigenvalue weighted by atomic mass is 9.97. The predicted molar refractivity (Wildman–Crippen MR) is 92.6 cm³/mol. The molecule has 0 fully saturated rings. The van der Waals surface area contributed by atoms with Crippen LogP contribution in [0.25, 0.3) is 0 Å². The van der Waals surface area contributed by atoms with E-state index < -0.39 is 35.1 Å². The predicted octanol–water partition coefficient (Wildman–Crippen LogP) is 0.376. The third kappa shape index (κ3) is 3.80. The van der Waals surface area contributed by atoms with Gasteiger partial charge >= 0.3 is 23.5 Å². The van der Waals surface area contributed by atoms with Crippen LogP contribution in [0.15, 0.2) is 24.3 Å². The minimum absolute atomic E-state index is 0.0100. The van der Waals surface area contributed by atoms with Gasteiger partial charge in [0.15, 0.2) is 0 Å². The largest absolute Gasteiger partial charge is 0.465 e. The molecule has 1 aromatic rings. The zero-order chi connectivity index (χ0) is 21.5. The van der Waals surface area contributed by atoms with Crippen molar-refractivity contribution in [1.82, 2.24) is 0 Å². The summed E-state index contributed by atoms with van der Waals surface area (Å²) in [6.45, 7) is 0. The molecule has 0 aliphatic carbocycles. The molecule has 0 heterocycles. The van der Waals surface area contributed by atoms with Crippen molar-refractivity contribution in [2.75, 3.05) is 42.7 Å². The number of benzene rings is 1. The molecule has 1 aromatic carbocycles. The molecule has 28 heavy (non-hydrogen) atoms. The van der Waals surface area contributed by atoms with E-state index in [0.29, 0.717) is 0 Å². The van der Waals surface area contributed by atoms with Gasteiger partial charge in [-0.05, 0) is 0 Å². The van der Waals surface area contributed by atoms with Gasteiger partial charge in [-0.15, -0.1) is 0 Å². The van der Waals surface area contributed by atoms with Crippen LogP contribution < -0.4 is 0 Å². The van der Waals surface area contributed by atoms with Crippen LogP contribution in [-0.2, 0) is 38.0 Å². The molecule has 0 amide bonds. The van der Waals surface area contributed by atoms with E-state index in [0.717, 1.165) is 42.7 Å². The molecule has 0 unspecified atom stereocenters. The van der Waals surface area contributed by atoms with Crippen LogP contribution in [0.1, 0.15) is 20.7 Å². The average Bonchev–Trinajstić information content (AvgIpc) is 2.75. The number of hydrogen-bond donors (Lipinski definition) is 0. The zero-order valence-corrected chi connectivity index (χ0v) is 16.4. The van der Waals surface area contributed by atoms with E-state index in [2.05, 4.69) is 9.47 Å². The first kappa shape index (κ1) is 23.4. The molecule has 0 bridgehead atoms. The van der Waals surface area contributed by atoms with Crippen molar-refractivity contribution >= 4 is 23.5 Å². The van der Waals surface area contributed by atoms with Gasteiger partial charge in [-0.2, -0.15) is 0 Å². The van der Waals surface area contributed by atoms with E-state index in [9.17, 15) is 19.2 Å². The Kier molecular flexibility index (Phi) is 7.94. The van der Waals surface area contributed by atoms with Crippen LogP contribution >= 0.6 is 0 Å². The number of methoxy groups -OCH3 is 6. The van der Waals surface area contributed by atoms with Crippen LogP contribution in [0, 0.1) is 0 Å². The second-order valence-corrected chi connectivity index (χ2v) is 5.27. The van der Waals surface area contributed by atoms with Crippen LogP contribution in [0.2, 0.25) is 0 Å². The first-order chi connectivity index (χ1) is 13.2. The van der Waals surface area contributed by atoms with Gasteiger partial charge in [0.2, 0.25) is 11.6 Å². The number of ketones is 2. The zero-order valence-electron chi connectivity index (χ0n) is 16.4. The second kappa shape index (κ2) is 9.51. The Morgan fingerprint density at radius 3 is 1.00 bits per heavy atom. The molecule has 1 rings (SSSR count). The average molecular weight is 398 g/mol. The summed E-state index contributed by atoms with van der Waals surface area (Å²) >= 11 is 0. The van der Waals surface area contributed by atoms with Gasteiger partial charge in [0, 0.05) is 39.6 Å². The van der Waals surface area contributed by atoms with E-state index in [1.807, 2.05) is 0 Å². The highest BCUT2D eigenvalue weighted by atomic mass is 16.7. The SMILES string of the molecule is COC(=O)C(OC)(OC)C(=O)c1ccc(C(=O)C(OC)(OC)C(=O)OC)cc1. The summed E-state index contributed by atoms with van der Waals surface area (Å²) in [5.74, 6) is -8.39. The molecule has 154 valence electrons. The first-order valence-electron chi connectivity index (χ1n) is 7.81. The summed E-state index contributed by atoms with van der Waals surface area (Å²) in [4.78, 5) is 49.4. The van der Waals surface area contributed by atoms with Crippen LogP contribution in [0.5, 0.6) is 0 Å². The van der Waals surface area contributed by atoms with Gasteiger partial charge in [-0.1, -0.05) is 24.3 Å². The van der Waals surface area contributed by atoms with Crippen molar-refractivity contribution in [2.24, 2.45) is 0 Å². The number of carbonyl (C=O) groups excluding carboxylic acids is 4. The van der Waals surface area contributed by atoms with Crippen molar-refractivity contribution in [3.05, 3.63) is 35.4 Å². The number of hydrogen-bond acceptors (Lipinski definition) is 10. The van der Waals surface area contributed by atoms with Crippen LogP contribution in [0.3, 0.4) is 0 Å². The number of ether oxygens (including phenoxy) is 6. The number of rotatable bonds is 10. The van der Waals surface area contributed by atoms with E-state index >= 15 is 0 Å². The molecular formula is C18H22O10. The number of carbonyl (C=O) groups is 4. The third-order valence-electron chi connectivity index (χ3n) is 4.07. The Labute approximate surface area is 161 Å². The van der Waals surface area contributed by atoms with Gasteiger partial charge in [0.05, 0.1) is 14.2 Å². The molecule has 0 aliphatic rings. The van der Waals surface area contributed by atoms with Crippen molar-refractivity contribution in [3.8, 4) is 0 Å². The molecular weight excluding hydrogens is 376 g/mol. The van der Waals surface area contributed by atoms with E-state index in [-0.39, 0.29) is 11.1 Å². The molecule has 0 saturated carbocycles. The van der Waals surface area contributed by atoms with Crippen molar-refractivity contribution < 1.29 is 47.6 Å². The fourth-order valence-corrected chi connectivity index (χ4v) is 2.48. The molecule has 0 radical (unpaired) electrons. The standard InChI is InChI=1S/C18H22O10/c1-23-15(21)17(25-3,26-4)13(19)11-7-9-12(10-8-11)14(20)18(27-5,28-6)16(22)24-2/h7-10H,1-6H3. The van der Waals surface area contributed by atoms with Crippen molar-refractivity contribution in [3.63, 3.8) is 0 Å². The van der Waals surface area contributed by atoms with Gasteiger partial charge in [-0.25, -0.2) is 9.59 Å². The Hall–Kier alpha value is -2.66. The maximum absolute atomic E-state index is 12.7. The summed E-state index contributed by atoms with van der Waals surface area (Å²) in [6, 6.07) is 4.99. The van der Waals surface area contributed by atoms with Gasteiger partial charge in [-0.3, -0.25) is 9.59 Å². The number of Topliss-reactive ketones (excluding diaryl/α,β-unsaturated/α-hetero) is 2. The van der Waals surface area contributed by atoms with E-state index in [1.54, 1.807) is 0 Å². The normalized spacial score (nSPS) is 11.6. The van der Waals surface area contributed by atoms with E-state index in [4.69, 9.17) is 18.9 Å². The molecule has 0 atom stereocenters. The lowest BCUT2D eigenvalue weighted by molar-refractivity contribution is -0.206. The summed E-state index contributed by atoms with van der Waals surface area (Å²) in [7, 11) is 6.59. The molecule has 0 saturated heterocycles. The summed E-state index contributed by atoms with van der Waals surface area (Å²) in [5.41, 5.74) is -0.0201. The summed E-state index contributed by atoms with van der Waals surface area (Å²) in [6.07, 6.45) is 0. The van der Waals surface area contributed by atoms with Crippen LogP contribution in [0.4, 0.5) is 0 Å². The van der Waals surface area contributed by atoms with Crippen LogP contribution in [-0.4, -0.2) is 77.7 Å².